The number of hydrogen-bond acceptors (Lipinski definition) is 11. The minimum absolute atomic E-state index is 0.0808. The third-order valence-corrected chi connectivity index (χ3v) is 9.63. The minimum Gasteiger partial charge on any atom is -0.510 e. The predicted molar refractivity (Wildman–Crippen MR) is 166 cm³/mol. The van der Waals surface area contributed by atoms with Gasteiger partial charge in [-0.25, -0.2) is 0 Å². The average molecular weight is 616 g/mol. The van der Waals surface area contributed by atoms with Crippen molar-refractivity contribution < 1.29 is 25.2 Å². The number of thioether (sulfide) groups is 1. The Morgan fingerprint density at radius 1 is 0.955 bits per heavy atom. The maximum Gasteiger partial charge on any atom is 0.260 e. The van der Waals surface area contributed by atoms with E-state index in [0.29, 0.717) is 16.6 Å². The van der Waals surface area contributed by atoms with Crippen molar-refractivity contribution in [3.05, 3.63) is 125 Å². The molecule has 0 saturated carbocycles. The molecule has 4 aliphatic carbocycles. The van der Waals surface area contributed by atoms with Crippen molar-refractivity contribution in [2.75, 3.05) is 19.5 Å². The van der Waals surface area contributed by atoms with Gasteiger partial charge in [0.15, 0.2) is 11.2 Å². The van der Waals surface area contributed by atoms with Gasteiger partial charge in [-0.2, -0.15) is 11.8 Å². The Labute approximate surface area is 250 Å². The summed E-state index contributed by atoms with van der Waals surface area (Å²) >= 11 is 1.10. The summed E-state index contributed by atoms with van der Waals surface area (Å²) in [5.41, 5.74) is -6.33. The number of aromatic nitrogens is 1. The van der Waals surface area contributed by atoms with E-state index in [2.05, 4.69) is 4.98 Å². The fraction of sp³-hybridized carbons (Fsp3) is 0.219. The first-order valence-corrected chi connectivity index (χ1v) is 14.6. The van der Waals surface area contributed by atoms with Crippen LogP contribution in [0.25, 0.3) is 28.4 Å². The summed E-state index contributed by atoms with van der Waals surface area (Å²) in [6.45, 7) is 1.54. The molecule has 1 heterocycles. The zero-order valence-corrected chi connectivity index (χ0v) is 24.2. The third-order valence-electron chi connectivity index (χ3n) is 8.29. The normalized spacial score (nSPS) is 19.3. The van der Waals surface area contributed by atoms with Gasteiger partial charge < -0.3 is 30.1 Å². The molecule has 4 aliphatic rings. The minimum atomic E-state index is -2.11. The molecule has 12 heteroatoms. The van der Waals surface area contributed by atoms with Crippen LogP contribution >= 0.6 is 11.8 Å². The van der Waals surface area contributed by atoms with Crippen LogP contribution in [0.5, 0.6) is 11.5 Å². The third kappa shape index (κ3) is 3.70. The van der Waals surface area contributed by atoms with E-state index >= 15 is 0 Å². The molecule has 2 aromatic rings. The molecule has 44 heavy (non-hydrogen) atoms. The Bertz CT molecular complexity index is 2450. The summed E-state index contributed by atoms with van der Waals surface area (Å²) in [5, 5.41) is 41.5. The molecule has 224 valence electrons. The number of aliphatic hydroxyl groups excluding tert-OH is 3. The van der Waals surface area contributed by atoms with Crippen molar-refractivity contribution in [1.82, 2.24) is 4.98 Å². The van der Waals surface area contributed by atoms with Crippen LogP contribution in [0.2, 0.25) is 0 Å². The molecule has 5 N–H and O–H groups in total. The van der Waals surface area contributed by atoms with E-state index in [1.807, 2.05) is 6.92 Å². The van der Waals surface area contributed by atoms with Crippen molar-refractivity contribution in [3.8, 4) is 11.5 Å². The zero-order valence-electron chi connectivity index (χ0n) is 23.4. The number of aliphatic hydroxyl groups is 3. The van der Waals surface area contributed by atoms with E-state index in [-0.39, 0.29) is 29.7 Å². The first-order valence-electron chi connectivity index (χ1n) is 13.5. The lowest BCUT2D eigenvalue weighted by molar-refractivity contribution is 0.321. The predicted octanol–water partition coefficient (Wildman–Crippen LogP) is -0.193. The van der Waals surface area contributed by atoms with E-state index in [1.54, 1.807) is 36.4 Å². The number of rotatable bonds is 6. The van der Waals surface area contributed by atoms with Gasteiger partial charge in [0.2, 0.25) is 16.3 Å². The largest absolute Gasteiger partial charge is 0.510 e. The second-order valence-corrected chi connectivity index (χ2v) is 11.8. The summed E-state index contributed by atoms with van der Waals surface area (Å²) in [7, 11) is 1.12. The van der Waals surface area contributed by atoms with Crippen molar-refractivity contribution in [2.24, 2.45) is 0 Å². The number of H-pyrrole nitrogens is 1. The molecule has 0 aliphatic heterocycles. The fourth-order valence-electron chi connectivity index (χ4n) is 6.54. The van der Waals surface area contributed by atoms with Crippen LogP contribution in [-0.2, 0) is 11.8 Å². The van der Waals surface area contributed by atoms with Gasteiger partial charge in [-0.15, -0.1) is 0 Å². The Balaban J connectivity index is 1.79. The Morgan fingerprint density at radius 3 is 2.27 bits per heavy atom. The summed E-state index contributed by atoms with van der Waals surface area (Å²) in [4.78, 5) is 69.5. The monoisotopic (exact) mass is 615 g/mol. The van der Waals surface area contributed by atoms with Crippen LogP contribution < -0.4 is 42.4 Å². The molecule has 2 atom stereocenters. The number of phenolic OH excluding ortho intramolecular Hbond substituents is 1. The molecule has 6 rings (SSSR count). The van der Waals surface area contributed by atoms with Crippen LogP contribution in [0.15, 0.2) is 60.4 Å². The number of fused-ring (bicyclic) bond motifs is 4. The number of benzene rings is 1. The molecule has 1 aromatic heterocycles. The van der Waals surface area contributed by atoms with E-state index in [4.69, 9.17) is 4.74 Å². The highest BCUT2D eigenvalue weighted by Gasteiger charge is 2.59. The number of aromatic amines is 1. The van der Waals surface area contributed by atoms with Gasteiger partial charge in [0.25, 0.3) is 5.56 Å². The van der Waals surface area contributed by atoms with Crippen LogP contribution in [0.4, 0.5) is 0 Å². The lowest BCUT2D eigenvalue weighted by Crippen LogP contribution is -2.51. The molecule has 0 fully saturated rings. The highest BCUT2D eigenvalue weighted by Crippen LogP contribution is 2.57. The zero-order chi connectivity index (χ0) is 31.7. The number of ether oxygens (including phenoxy) is 1. The summed E-state index contributed by atoms with van der Waals surface area (Å²) in [5.74, 6) is -2.55. The van der Waals surface area contributed by atoms with Gasteiger partial charge in [0.1, 0.15) is 22.7 Å². The van der Waals surface area contributed by atoms with Crippen molar-refractivity contribution in [1.29, 1.82) is 0 Å². The molecule has 1 aromatic carbocycles. The van der Waals surface area contributed by atoms with Gasteiger partial charge in [0, 0.05) is 28.3 Å². The van der Waals surface area contributed by atoms with E-state index in [0.717, 1.165) is 24.9 Å². The first-order chi connectivity index (χ1) is 21.0. The van der Waals surface area contributed by atoms with Crippen LogP contribution in [0.3, 0.4) is 0 Å². The van der Waals surface area contributed by atoms with Gasteiger partial charge in [-0.1, -0.05) is 24.3 Å². The van der Waals surface area contributed by atoms with Crippen molar-refractivity contribution in [3.63, 3.8) is 0 Å². The van der Waals surface area contributed by atoms with Crippen LogP contribution in [-0.4, -0.2) is 50.1 Å². The molecule has 0 bridgehead atoms. The SMILES string of the molecule is C/C=C/C=C/c1cc2cc3c(c(O)c2c(=O)[nH]1)C1(C(O)=c2c(=O)c4c(=O)cc(OC)c(=O)c=4c(=O)c2=C1O)C(SCCO)C3. The number of aromatic hydroxyl groups is 1. The summed E-state index contributed by atoms with van der Waals surface area (Å²) in [6, 6.07) is 4.05. The van der Waals surface area contributed by atoms with Gasteiger partial charge in [-0.05, 0) is 36.4 Å². The van der Waals surface area contributed by atoms with Crippen molar-refractivity contribution in [2.45, 2.75) is 24.0 Å². The molecular formula is C32H25NO10S. The number of phenols is 1. The molecule has 0 saturated heterocycles. The van der Waals surface area contributed by atoms with E-state index in [1.165, 1.54) is 0 Å². The molecule has 0 amide bonds. The highest BCUT2D eigenvalue weighted by atomic mass is 32.2. The number of allylic oxidation sites excluding steroid dienone is 3. The number of nitrogens with one attached hydrogen (secondary N) is 1. The number of pyridine rings is 1. The lowest BCUT2D eigenvalue weighted by atomic mass is 9.78. The van der Waals surface area contributed by atoms with E-state index in [9.17, 15) is 44.4 Å². The summed E-state index contributed by atoms with van der Waals surface area (Å²) < 4.78 is 4.92. The van der Waals surface area contributed by atoms with E-state index < -0.39 is 81.8 Å². The van der Waals surface area contributed by atoms with Crippen LogP contribution in [0.1, 0.15) is 23.7 Å². The molecular weight excluding hydrogens is 590 g/mol. The van der Waals surface area contributed by atoms with Crippen LogP contribution in [0, 0.1) is 10.4 Å². The van der Waals surface area contributed by atoms with Crippen molar-refractivity contribution >= 4 is 40.1 Å². The lowest BCUT2D eigenvalue weighted by Gasteiger charge is -2.33. The fourth-order valence-corrected chi connectivity index (χ4v) is 7.82. The van der Waals surface area contributed by atoms with Gasteiger partial charge in [0.05, 0.1) is 40.0 Å². The molecule has 11 nitrogen and oxygen atoms in total. The van der Waals surface area contributed by atoms with Gasteiger partial charge >= 0.3 is 0 Å². The number of methoxy groups -OCH3 is 1. The Hall–Kier alpha value is -4.94. The quantitative estimate of drug-likeness (QED) is 0.181. The second-order valence-electron chi connectivity index (χ2n) is 10.5. The first kappa shape index (κ1) is 29.1. The standard InChI is InChI=1S/C32H25NO10S/c1-3-4-5-6-15-10-13-9-14-11-18(44-8-7-34)32(24(14)28(39)19(13)31(42)33-15)29(40)22-23(30(32)41)27(38)21-20(26(22)37)16(35)12-17(43-2)25(21)36/h3-6,9-10,12,18,34,39-41H,7-8,11H2,1-2H3,(H,33,42)/b4-3+,6-5+. The maximum absolute atomic E-state index is 13.8. The Morgan fingerprint density at radius 2 is 1.64 bits per heavy atom. The number of hydrogen-bond donors (Lipinski definition) is 5. The smallest absolute Gasteiger partial charge is 0.260 e. The molecule has 0 radical (unpaired) electrons. The second kappa shape index (κ2) is 10.4. The molecule has 1 spiro atoms. The van der Waals surface area contributed by atoms with Gasteiger partial charge in [-0.3, -0.25) is 24.0 Å². The Kier molecular flexibility index (Phi) is 6.86. The average Bonchev–Trinajstić information content (AvgIpc) is 3.44. The summed E-state index contributed by atoms with van der Waals surface area (Å²) in [6.07, 6.45) is 7.04. The highest BCUT2D eigenvalue weighted by molar-refractivity contribution is 8.00. The molecule has 2 unspecified atom stereocenters. The topological polar surface area (TPSA) is 191 Å². The maximum atomic E-state index is 13.8.